The molecule has 2 aromatic carbocycles. The number of aryl methyl sites for hydroxylation is 2. The molecule has 0 amide bonds. The van der Waals surface area contributed by atoms with E-state index in [9.17, 15) is 4.79 Å². The molecule has 4 rings (SSSR count). The summed E-state index contributed by atoms with van der Waals surface area (Å²) in [7, 11) is 0. The number of hydrogen-bond donors (Lipinski definition) is 0. The van der Waals surface area contributed by atoms with Gasteiger partial charge in [-0.05, 0) is 54.8 Å². The highest BCUT2D eigenvalue weighted by atomic mass is 79.9. The average Bonchev–Trinajstić information content (AvgIpc) is 3.06. The standard InChI is InChI=1S/C20H17BrN4O/c1-13-3-4-15(9-14(13)2)11-24-12-22-19-18(20(24)26)10-23-25(19)17-7-5-16(21)6-8-17/h3-10,12H,11H2,1-2H3. The molecule has 0 saturated heterocycles. The molecule has 0 aliphatic heterocycles. The van der Waals surface area contributed by atoms with E-state index in [1.165, 1.54) is 11.1 Å². The van der Waals surface area contributed by atoms with Gasteiger partial charge in [0.1, 0.15) is 11.7 Å². The second-order valence-electron chi connectivity index (χ2n) is 6.37. The summed E-state index contributed by atoms with van der Waals surface area (Å²) in [5.41, 5.74) is 4.88. The topological polar surface area (TPSA) is 52.7 Å². The number of hydrogen-bond acceptors (Lipinski definition) is 3. The molecule has 0 aliphatic rings. The summed E-state index contributed by atoms with van der Waals surface area (Å²) in [4.78, 5) is 17.3. The molecule has 0 aliphatic carbocycles. The van der Waals surface area contributed by atoms with Gasteiger partial charge in [0.15, 0.2) is 5.65 Å². The van der Waals surface area contributed by atoms with Gasteiger partial charge < -0.3 is 0 Å². The predicted molar refractivity (Wildman–Crippen MR) is 106 cm³/mol. The van der Waals surface area contributed by atoms with Crippen LogP contribution in [0.5, 0.6) is 0 Å². The van der Waals surface area contributed by atoms with Crippen LogP contribution in [0.15, 0.2) is 64.3 Å². The number of aromatic nitrogens is 4. The summed E-state index contributed by atoms with van der Waals surface area (Å²) in [6.45, 7) is 4.65. The lowest BCUT2D eigenvalue weighted by Crippen LogP contribution is -2.21. The average molecular weight is 409 g/mol. The molecular formula is C20H17BrN4O. The van der Waals surface area contributed by atoms with E-state index in [2.05, 4.69) is 52.0 Å². The molecular weight excluding hydrogens is 392 g/mol. The maximum Gasteiger partial charge on any atom is 0.264 e. The van der Waals surface area contributed by atoms with E-state index < -0.39 is 0 Å². The second-order valence-corrected chi connectivity index (χ2v) is 7.28. The zero-order chi connectivity index (χ0) is 18.3. The molecule has 0 saturated carbocycles. The fourth-order valence-corrected chi connectivity index (χ4v) is 3.20. The van der Waals surface area contributed by atoms with Gasteiger partial charge in [0.05, 0.1) is 18.4 Å². The SMILES string of the molecule is Cc1ccc(Cn2cnc3c(cnn3-c3ccc(Br)cc3)c2=O)cc1C. The van der Waals surface area contributed by atoms with Crippen molar-refractivity contribution in [2.24, 2.45) is 0 Å². The minimum Gasteiger partial charge on any atom is -0.294 e. The maximum atomic E-state index is 12.8. The Balaban J connectivity index is 1.75. The molecule has 4 aromatic rings. The van der Waals surface area contributed by atoms with Gasteiger partial charge in [-0.2, -0.15) is 5.10 Å². The maximum absolute atomic E-state index is 12.8. The highest BCUT2D eigenvalue weighted by Crippen LogP contribution is 2.17. The van der Waals surface area contributed by atoms with E-state index in [4.69, 9.17) is 0 Å². The van der Waals surface area contributed by atoms with Gasteiger partial charge in [0.25, 0.3) is 5.56 Å². The summed E-state index contributed by atoms with van der Waals surface area (Å²) < 4.78 is 4.30. The molecule has 0 fully saturated rings. The molecule has 0 unspecified atom stereocenters. The van der Waals surface area contributed by atoms with Gasteiger partial charge in [-0.15, -0.1) is 0 Å². The highest BCUT2D eigenvalue weighted by Gasteiger charge is 2.12. The third-order valence-electron chi connectivity index (χ3n) is 4.55. The lowest BCUT2D eigenvalue weighted by atomic mass is 10.1. The molecule has 2 aromatic heterocycles. The Morgan fingerprint density at radius 1 is 1.04 bits per heavy atom. The molecule has 5 nitrogen and oxygen atoms in total. The fraction of sp³-hybridized carbons (Fsp3) is 0.150. The van der Waals surface area contributed by atoms with E-state index >= 15 is 0 Å². The Kier molecular flexibility index (Phi) is 4.20. The zero-order valence-corrected chi connectivity index (χ0v) is 16.1. The minimum absolute atomic E-state index is 0.0865. The van der Waals surface area contributed by atoms with Crippen LogP contribution < -0.4 is 5.56 Å². The first-order valence-electron chi connectivity index (χ1n) is 8.28. The summed E-state index contributed by atoms with van der Waals surface area (Å²) >= 11 is 3.42. The van der Waals surface area contributed by atoms with Crippen LogP contribution in [0.1, 0.15) is 16.7 Å². The molecule has 0 radical (unpaired) electrons. The highest BCUT2D eigenvalue weighted by molar-refractivity contribution is 9.10. The van der Waals surface area contributed by atoms with Gasteiger partial charge in [-0.25, -0.2) is 9.67 Å². The number of fused-ring (bicyclic) bond motifs is 1. The third kappa shape index (κ3) is 2.97. The minimum atomic E-state index is -0.0865. The van der Waals surface area contributed by atoms with E-state index in [0.29, 0.717) is 17.6 Å². The van der Waals surface area contributed by atoms with Gasteiger partial charge in [0.2, 0.25) is 0 Å². The van der Waals surface area contributed by atoms with E-state index in [0.717, 1.165) is 15.7 Å². The fourth-order valence-electron chi connectivity index (χ4n) is 2.93. The molecule has 26 heavy (non-hydrogen) atoms. The van der Waals surface area contributed by atoms with Crippen molar-refractivity contribution in [3.8, 4) is 5.69 Å². The Morgan fingerprint density at radius 2 is 1.81 bits per heavy atom. The quantitative estimate of drug-likeness (QED) is 0.514. The van der Waals surface area contributed by atoms with Gasteiger partial charge >= 0.3 is 0 Å². The molecule has 130 valence electrons. The van der Waals surface area contributed by atoms with E-state index in [1.54, 1.807) is 21.8 Å². The van der Waals surface area contributed by atoms with Crippen molar-refractivity contribution in [2.75, 3.05) is 0 Å². The van der Waals surface area contributed by atoms with Gasteiger partial charge in [0, 0.05) is 4.47 Å². The Morgan fingerprint density at radius 3 is 2.54 bits per heavy atom. The first kappa shape index (κ1) is 16.7. The molecule has 0 bridgehead atoms. The van der Waals surface area contributed by atoms with E-state index in [1.807, 2.05) is 30.3 Å². The lowest BCUT2D eigenvalue weighted by molar-refractivity contribution is 0.744. The monoisotopic (exact) mass is 408 g/mol. The van der Waals surface area contributed by atoms with Crippen molar-refractivity contribution >= 4 is 27.0 Å². The molecule has 0 N–H and O–H groups in total. The van der Waals surface area contributed by atoms with Crippen molar-refractivity contribution in [2.45, 2.75) is 20.4 Å². The summed E-state index contributed by atoms with van der Waals surface area (Å²) in [6, 6.07) is 14.0. The smallest absolute Gasteiger partial charge is 0.264 e. The van der Waals surface area contributed by atoms with Crippen molar-refractivity contribution in [1.82, 2.24) is 19.3 Å². The lowest BCUT2D eigenvalue weighted by Gasteiger charge is -2.08. The molecule has 2 heterocycles. The first-order chi connectivity index (χ1) is 12.5. The van der Waals surface area contributed by atoms with Gasteiger partial charge in [-0.3, -0.25) is 9.36 Å². The Bertz CT molecular complexity index is 1160. The Labute approximate surface area is 159 Å². The van der Waals surface area contributed by atoms with Crippen molar-refractivity contribution in [1.29, 1.82) is 0 Å². The van der Waals surface area contributed by atoms with Crippen LogP contribution in [0.4, 0.5) is 0 Å². The van der Waals surface area contributed by atoms with Crippen LogP contribution in [-0.4, -0.2) is 19.3 Å². The third-order valence-corrected chi connectivity index (χ3v) is 5.08. The molecule has 0 spiro atoms. The van der Waals surface area contributed by atoms with E-state index in [-0.39, 0.29) is 5.56 Å². The number of rotatable bonds is 3. The van der Waals surface area contributed by atoms with Crippen LogP contribution in [0.3, 0.4) is 0 Å². The van der Waals surface area contributed by atoms with Crippen molar-refractivity contribution in [3.05, 3.63) is 86.5 Å². The van der Waals surface area contributed by atoms with Crippen LogP contribution in [0, 0.1) is 13.8 Å². The summed E-state index contributed by atoms with van der Waals surface area (Å²) in [5.74, 6) is 0. The Hall–Kier alpha value is -2.73. The molecule has 6 heteroatoms. The number of halogens is 1. The normalized spacial score (nSPS) is 11.2. The van der Waals surface area contributed by atoms with Crippen molar-refractivity contribution in [3.63, 3.8) is 0 Å². The van der Waals surface area contributed by atoms with Crippen LogP contribution in [0.25, 0.3) is 16.7 Å². The summed E-state index contributed by atoms with van der Waals surface area (Å²) in [6.07, 6.45) is 3.18. The van der Waals surface area contributed by atoms with Crippen LogP contribution >= 0.6 is 15.9 Å². The number of nitrogens with zero attached hydrogens (tertiary/aromatic N) is 4. The van der Waals surface area contributed by atoms with Crippen LogP contribution in [0.2, 0.25) is 0 Å². The predicted octanol–water partition coefficient (Wildman–Crippen LogP) is 4.01. The van der Waals surface area contributed by atoms with Crippen molar-refractivity contribution < 1.29 is 0 Å². The summed E-state index contributed by atoms with van der Waals surface area (Å²) in [5, 5.41) is 4.87. The zero-order valence-electron chi connectivity index (χ0n) is 14.5. The second kappa shape index (κ2) is 6.53. The van der Waals surface area contributed by atoms with Gasteiger partial charge in [-0.1, -0.05) is 34.1 Å². The largest absolute Gasteiger partial charge is 0.294 e. The molecule has 0 atom stereocenters. The number of benzene rings is 2. The van der Waals surface area contributed by atoms with Crippen LogP contribution in [-0.2, 0) is 6.54 Å². The first-order valence-corrected chi connectivity index (χ1v) is 9.07.